The molecule has 0 aliphatic rings. The van der Waals surface area contributed by atoms with E-state index in [0.717, 1.165) is 17.0 Å². The average molecular weight is 533 g/mol. The van der Waals surface area contributed by atoms with E-state index in [0.29, 0.717) is 10.8 Å². The van der Waals surface area contributed by atoms with E-state index in [4.69, 9.17) is 25.8 Å². The molecule has 0 spiro atoms. The monoisotopic (exact) mass is 532 g/mol. The number of hydrogen-bond acceptors (Lipinski definition) is 8. The number of aromatic nitrogens is 1. The number of carbonyl (C=O) groups is 2. The first kappa shape index (κ1) is 27.1. The van der Waals surface area contributed by atoms with Gasteiger partial charge in [-0.15, -0.1) is 0 Å². The number of hydrogen-bond donors (Lipinski definition) is 0. The van der Waals surface area contributed by atoms with E-state index in [-0.39, 0.29) is 22.0 Å². The summed E-state index contributed by atoms with van der Waals surface area (Å²) in [5.41, 5.74) is 0.903. The minimum Gasteiger partial charge on any atom is -0.468 e. The van der Waals surface area contributed by atoms with E-state index in [1.54, 1.807) is 36.4 Å². The maximum atomic E-state index is 13.6. The maximum Gasteiger partial charge on any atom is 0.339 e. The number of benzene rings is 2. The molecule has 0 amide bonds. The van der Waals surface area contributed by atoms with Crippen molar-refractivity contribution in [1.82, 2.24) is 9.29 Å². The Kier molecular flexibility index (Phi) is 8.67. The third-order valence-electron chi connectivity index (χ3n) is 5.29. The highest BCUT2D eigenvalue weighted by molar-refractivity contribution is 7.89. The minimum atomic E-state index is -4.21. The molecule has 0 radical (unpaired) electrons. The van der Waals surface area contributed by atoms with Gasteiger partial charge < -0.3 is 14.2 Å². The molecule has 0 aliphatic heterocycles. The Morgan fingerprint density at radius 1 is 1.03 bits per heavy atom. The minimum absolute atomic E-state index is 0.0115. The summed E-state index contributed by atoms with van der Waals surface area (Å²) in [7, 11) is -1.86. The van der Waals surface area contributed by atoms with Gasteiger partial charge in [-0.1, -0.05) is 35.4 Å². The smallest absolute Gasteiger partial charge is 0.339 e. The topological polar surface area (TPSA) is 112 Å². The number of sulfonamides is 1. The van der Waals surface area contributed by atoms with Crippen LogP contribution in [0.4, 0.5) is 0 Å². The fourth-order valence-electron chi connectivity index (χ4n) is 3.37. The summed E-state index contributed by atoms with van der Waals surface area (Å²) in [6.07, 6.45) is 0. The van der Waals surface area contributed by atoms with Crippen LogP contribution in [0.5, 0.6) is 11.6 Å². The fourth-order valence-corrected chi connectivity index (χ4v) is 5.09. The lowest BCUT2D eigenvalue weighted by atomic mass is 10.1. The predicted octanol–water partition coefficient (Wildman–Crippen LogP) is 4.55. The van der Waals surface area contributed by atoms with Crippen LogP contribution in [-0.2, 0) is 24.3 Å². The van der Waals surface area contributed by atoms with Crippen molar-refractivity contribution in [2.45, 2.75) is 24.8 Å². The van der Waals surface area contributed by atoms with Crippen molar-refractivity contribution in [2.75, 3.05) is 20.8 Å². The molecule has 190 valence electrons. The normalized spacial score (nSPS) is 12.2. The molecule has 11 heteroatoms. The SMILES string of the molecule is COC(=O)CN(C(C)c1nc(Oc2cccc(Cl)c2)ccc1C(=O)OC)S(=O)(=O)c1ccc(C)cc1. The van der Waals surface area contributed by atoms with Crippen molar-refractivity contribution < 1.29 is 32.2 Å². The second-order valence-electron chi connectivity index (χ2n) is 7.75. The van der Waals surface area contributed by atoms with Gasteiger partial charge in [-0.3, -0.25) is 4.79 Å². The molecule has 3 rings (SSSR count). The molecule has 2 aromatic carbocycles. The Bertz CT molecular complexity index is 1360. The van der Waals surface area contributed by atoms with E-state index in [1.807, 2.05) is 6.92 Å². The summed E-state index contributed by atoms with van der Waals surface area (Å²) < 4.78 is 43.5. The summed E-state index contributed by atoms with van der Waals surface area (Å²) in [6, 6.07) is 14.5. The predicted molar refractivity (Wildman–Crippen MR) is 133 cm³/mol. The van der Waals surface area contributed by atoms with E-state index < -0.39 is 34.5 Å². The first-order chi connectivity index (χ1) is 17.1. The summed E-state index contributed by atoms with van der Waals surface area (Å²) in [6.45, 7) is 2.71. The van der Waals surface area contributed by atoms with Gasteiger partial charge in [0.2, 0.25) is 15.9 Å². The Hall–Kier alpha value is -3.47. The number of ether oxygens (including phenoxy) is 3. The number of pyridine rings is 1. The Morgan fingerprint density at radius 2 is 1.72 bits per heavy atom. The standard InChI is InChI=1S/C25H25ClN2O7S/c1-16-8-10-20(11-9-16)36(31,32)28(15-23(29)33-3)17(2)24-21(25(30)34-4)12-13-22(27-24)35-19-7-5-6-18(26)14-19/h5-14,17H,15H2,1-4H3. The quantitative estimate of drug-likeness (QED) is 0.369. The van der Waals surface area contributed by atoms with Gasteiger partial charge in [-0.05, 0) is 50.2 Å². The Morgan fingerprint density at radius 3 is 2.33 bits per heavy atom. The van der Waals surface area contributed by atoms with Crippen LogP contribution in [0.15, 0.2) is 65.6 Å². The van der Waals surface area contributed by atoms with Crippen molar-refractivity contribution in [2.24, 2.45) is 0 Å². The summed E-state index contributed by atoms with van der Waals surface area (Å²) in [5.74, 6) is -1.05. The van der Waals surface area contributed by atoms with Crippen molar-refractivity contribution in [3.05, 3.63) is 82.5 Å². The van der Waals surface area contributed by atoms with Crippen molar-refractivity contribution in [3.8, 4) is 11.6 Å². The molecule has 0 saturated heterocycles. The van der Waals surface area contributed by atoms with E-state index in [9.17, 15) is 18.0 Å². The molecule has 0 saturated carbocycles. The summed E-state index contributed by atoms with van der Waals surface area (Å²) in [5, 5.41) is 0.445. The maximum absolute atomic E-state index is 13.6. The second-order valence-corrected chi connectivity index (χ2v) is 10.1. The molecule has 0 N–H and O–H groups in total. The van der Waals surface area contributed by atoms with Gasteiger partial charge in [0.1, 0.15) is 12.3 Å². The highest BCUT2D eigenvalue weighted by Gasteiger charge is 2.35. The van der Waals surface area contributed by atoms with Crippen LogP contribution in [0, 0.1) is 6.92 Å². The lowest BCUT2D eigenvalue weighted by Gasteiger charge is -2.28. The number of rotatable bonds is 9. The summed E-state index contributed by atoms with van der Waals surface area (Å²) >= 11 is 6.02. The van der Waals surface area contributed by atoms with Gasteiger partial charge in [0.15, 0.2) is 0 Å². The number of aryl methyl sites for hydroxylation is 1. The van der Waals surface area contributed by atoms with Crippen LogP contribution in [0.2, 0.25) is 5.02 Å². The van der Waals surface area contributed by atoms with Crippen LogP contribution in [-0.4, -0.2) is 50.4 Å². The third-order valence-corrected chi connectivity index (χ3v) is 7.46. The Balaban J connectivity index is 2.11. The molecule has 1 heterocycles. The molecule has 0 aliphatic carbocycles. The fraction of sp³-hybridized carbons (Fsp3) is 0.240. The molecule has 36 heavy (non-hydrogen) atoms. The lowest BCUT2D eigenvalue weighted by molar-refractivity contribution is -0.141. The second kappa shape index (κ2) is 11.5. The van der Waals surface area contributed by atoms with Gasteiger partial charge >= 0.3 is 11.9 Å². The molecule has 1 unspecified atom stereocenters. The zero-order chi connectivity index (χ0) is 26.5. The summed E-state index contributed by atoms with van der Waals surface area (Å²) in [4.78, 5) is 29.1. The van der Waals surface area contributed by atoms with Crippen LogP contribution < -0.4 is 4.74 Å². The van der Waals surface area contributed by atoms with Crippen LogP contribution in [0.25, 0.3) is 0 Å². The van der Waals surface area contributed by atoms with Crippen LogP contribution in [0.1, 0.15) is 34.6 Å². The molecule has 1 atom stereocenters. The molecule has 3 aromatic rings. The first-order valence-corrected chi connectivity index (χ1v) is 12.6. The van der Waals surface area contributed by atoms with Gasteiger partial charge in [-0.2, -0.15) is 4.31 Å². The van der Waals surface area contributed by atoms with Gasteiger partial charge in [0.05, 0.1) is 36.4 Å². The van der Waals surface area contributed by atoms with Gasteiger partial charge in [0, 0.05) is 11.1 Å². The zero-order valence-corrected chi connectivity index (χ0v) is 21.7. The highest BCUT2D eigenvalue weighted by atomic mass is 35.5. The molecule has 9 nitrogen and oxygen atoms in total. The van der Waals surface area contributed by atoms with Crippen LogP contribution >= 0.6 is 11.6 Å². The molecular formula is C25H25ClN2O7S. The van der Waals surface area contributed by atoms with Gasteiger partial charge in [-0.25, -0.2) is 18.2 Å². The highest BCUT2D eigenvalue weighted by Crippen LogP contribution is 2.32. The van der Waals surface area contributed by atoms with Crippen molar-refractivity contribution in [1.29, 1.82) is 0 Å². The number of carbonyl (C=O) groups excluding carboxylic acids is 2. The van der Waals surface area contributed by atoms with E-state index in [1.165, 1.54) is 38.3 Å². The molecular weight excluding hydrogens is 508 g/mol. The Labute approximate surface area is 214 Å². The molecule has 1 aromatic heterocycles. The number of halogens is 1. The van der Waals surface area contributed by atoms with Crippen molar-refractivity contribution >= 4 is 33.6 Å². The molecule has 0 bridgehead atoms. The lowest BCUT2D eigenvalue weighted by Crippen LogP contribution is -2.39. The first-order valence-electron chi connectivity index (χ1n) is 10.7. The number of esters is 2. The third kappa shape index (κ3) is 6.20. The van der Waals surface area contributed by atoms with Crippen LogP contribution in [0.3, 0.4) is 0 Å². The van der Waals surface area contributed by atoms with E-state index >= 15 is 0 Å². The van der Waals surface area contributed by atoms with Crippen molar-refractivity contribution in [3.63, 3.8) is 0 Å². The molecule has 0 fully saturated rings. The van der Waals surface area contributed by atoms with E-state index in [2.05, 4.69) is 4.98 Å². The largest absolute Gasteiger partial charge is 0.468 e. The number of nitrogens with zero attached hydrogens (tertiary/aromatic N) is 2. The number of methoxy groups -OCH3 is 2. The van der Waals surface area contributed by atoms with Gasteiger partial charge in [0.25, 0.3) is 0 Å². The zero-order valence-electron chi connectivity index (χ0n) is 20.1. The average Bonchev–Trinajstić information content (AvgIpc) is 2.86.